The van der Waals surface area contributed by atoms with Crippen molar-refractivity contribution in [3.05, 3.63) is 24.3 Å². The van der Waals surface area contributed by atoms with Crippen molar-refractivity contribution < 1.29 is 24.5 Å². The van der Waals surface area contributed by atoms with Gasteiger partial charge in [-0.05, 0) is 31.2 Å². The van der Waals surface area contributed by atoms with Crippen molar-refractivity contribution >= 4 is 17.4 Å². The van der Waals surface area contributed by atoms with Gasteiger partial charge in [0.1, 0.15) is 11.9 Å². The maximum atomic E-state index is 11.0. The maximum absolute atomic E-state index is 11.0. The van der Waals surface area contributed by atoms with Gasteiger partial charge in [-0.1, -0.05) is 0 Å². The summed E-state index contributed by atoms with van der Waals surface area (Å²) in [4.78, 5) is 22.0. The van der Waals surface area contributed by atoms with Gasteiger partial charge in [0.25, 0.3) is 0 Å². The van der Waals surface area contributed by atoms with Crippen LogP contribution in [0, 0.1) is 0 Å². The van der Waals surface area contributed by atoms with Crippen LogP contribution in [0.15, 0.2) is 24.3 Å². The van der Waals surface area contributed by atoms with E-state index in [0.717, 1.165) is 6.92 Å². The van der Waals surface area contributed by atoms with Gasteiger partial charge in [-0.3, -0.25) is 4.79 Å². The molecule has 0 radical (unpaired) electrons. The zero-order valence-corrected chi connectivity index (χ0v) is 10.1. The summed E-state index contributed by atoms with van der Waals surface area (Å²) in [5, 5.41) is 21.0. The molecule has 0 spiro atoms. The lowest BCUT2D eigenvalue weighted by Gasteiger charge is -2.19. The number of aliphatic hydroxyl groups excluding tert-OH is 1. The number of carboxylic acid groups (broad SMARTS) is 1. The average Bonchev–Trinajstić information content (AvgIpc) is 2.35. The molecule has 0 unspecified atom stereocenters. The number of carbonyl (C=O) groups is 2. The first-order valence-electron chi connectivity index (χ1n) is 5.27. The summed E-state index contributed by atoms with van der Waals surface area (Å²) in [5.74, 6) is -1.28. The molecule has 0 amide bonds. The topological polar surface area (TPSA) is 95.9 Å². The number of methoxy groups -OCH3 is 1. The summed E-state index contributed by atoms with van der Waals surface area (Å²) in [6.07, 6.45) is -1.59. The fraction of sp³-hybridized carbons (Fsp3) is 0.333. The highest BCUT2D eigenvalue weighted by molar-refractivity contribution is 5.90. The summed E-state index contributed by atoms with van der Waals surface area (Å²) in [5.41, 5.74) is 0.475. The first kappa shape index (κ1) is 14.0. The molecule has 0 saturated carbocycles. The van der Waals surface area contributed by atoms with Crippen LogP contribution < -0.4 is 10.1 Å². The molecule has 0 bridgehead atoms. The molecular weight excluding hydrogens is 238 g/mol. The van der Waals surface area contributed by atoms with Gasteiger partial charge in [0, 0.05) is 5.69 Å². The largest absolute Gasteiger partial charge is 0.497 e. The monoisotopic (exact) mass is 253 g/mol. The fourth-order valence-electron chi connectivity index (χ4n) is 1.38. The number of carboxylic acids is 1. The molecular formula is C12H15NO5. The van der Waals surface area contributed by atoms with Gasteiger partial charge in [-0.15, -0.1) is 0 Å². The highest BCUT2D eigenvalue weighted by atomic mass is 16.5. The molecule has 98 valence electrons. The number of carbonyl (C=O) groups excluding carboxylic acids is 1. The number of anilines is 1. The normalized spacial score (nSPS) is 13.5. The second-order valence-corrected chi connectivity index (χ2v) is 3.74. The molecule has 2 atom stereocenters. The predicted octanol–water partition coefficient (Wildman–Crippen LogP) is 0.510. The van der Waals surface area contributed by atoms with Crippen molar-refractivity contribution in [2.45, 2.75) is 19.1 Å². The van der Waals surface area contributed by atoms with Gasteiger partial charge in [0.2, 0.25) is 0 Å². The van der Waals surface area contributed by atoms with Crippen molar-refractivity contribution in [2.24, 2.45) is 0 Å². The minimum Gasteiger partial charge on any atom is -0.497 e. The van der Waals surface area contributed by atoms with Gasteiger partial charge in [-0.25, -0.2) is 4.79 Å². The third-order valence-corrected chi connectivity index (χ3v) is 2.41. The summed E-state index contributed by atoms with van der Waals surface area (Å²) >= 11 is 0. The molecule has 0 aliphatic rings. The molecule has 0 aromatic heterocycles. The minimum absolute atomic E-state index is 0.475. The van der Waals surface area contributed by atoms with Gasteiger partial charge in [0.15, 0.2) is 11.8 Å². The summed E-state index contributed by atoms with van der Waals surface area (Å²) in [6.45, 7) is 1.14. The van der Waals surface area contributed by atoms with E-state index in [1.807, 2.05) is 0 Å². The Morgan fingerprint density at radius 2 is 1.83 bits per heavy atom. The van der Waals surface area contributed by atoms with Gasteiger partial charge >= 0.3 is 5.97 Å². The van der Waals surface area contributed by atoms with E-state index in [9.17, 15) is 14.7 Å². The predicted molar refractivity (Wildman–Crippen MR) is 64.7 cm³/mol. The highest BCUT2D eigenvalue weighted by Crippen LogP contribution is 2.16. The summed E-state index contributed by atoms with van der Waals surface area (Å²) < 4.78 is 4.96. The molecule has 0 fully saturated rings. The standard InChI is InChI=1S/C12H15NO5/c1-7(14)11(15)10(12(16)17)13-8-3-5-9(18-2)6-4-8/h3-6,10-11,13,15H,1-2H3,(H,16,17)/t10-,11+/m0/s1. The van der Waals surface area contributed by atoms with E-state index in [2.05, 4.69) is 5.32 Å². The van der Waals surface area contributed by atoms with E-state index in [1.165, 1.54) is 7.11 Å². The Balaban J connectivity index is 2.83. The van der Waals surface area contributed by atoms with Crippen LogP contribution in [0.5, 0.6) is 5.75 Å². The number of benzene rings is 1. The van der Waals surface area contributed by atoms with Crippen molar-refractivity contribution in [2.75, 3.05) is 12.4 Å². The molecule has 6 nitrogen and oxygen atoms in total. The first-order chi connectivity index (χ1) is 8.45. The average molecular weight is 253 g/mol. The maximum Gasteiger partial charge on any atom is 0.329 e. The van der Waals surface area contributed by atoms with E-state index in [1.54, 1.807) is 24.3 Å². The van der Waals surface area contributed by atoms with Crippen LogP contribution in [0.1, 0.15) is 6.92 Å². The zero-order valence-electron chi connectivity index (χ0n) is 10.1. The second kappa shape index (κ2) is 6.02. The Hall–Kier alpha value is -2.08. The Morgan fingerprint density at radius 3 is 2.22 bits per heavy atom. The molecule has 0 heterocycles. The SMILES string of the molecule is COc1ccc(N[C@H](C(=O)O)[C@H](O)C(C)=O)cc1. The Labute approximate surface area is 104 Å². The van der Waals surface area contributed by atoms with E-state index in [0.29, 0.717) is 11.4 Å². The van der Waals surface area contributed by atoms with Crippen molar-refractivity contribution in [3.8, 4) is 5.75 Å². The highest BCUT2D eigenvalue weighted by Gasteiger charge is 2.29. The zero-order chi connectivity index (χ0) is 13.7. The lowest BCUT2D eigenvalue weighted by atomic mass is 10.1. The van der Waals surface area contributed by atoms with Crippen LogP contribution >= 0.6 is 0 Å². The van der Waals surface area contributed by atoms with E-state index < -0.39 is 23.9 Å². The van der Waals surface area contributed by atoms with Crippen LogP contribution in [-0.4, -0.2) is 41.2 Å². The van der Waals surface area contributed by atoms with Gasteiger partial charge < -0.3 is 20.3 Å². The number of rotatable bonds is 6. The molecule has 1 aromatic carbocycles. The molecule has 3 N–H and O–H groups in total. The molecule has 0 aliphatic heterocycles. The minimum atomic E-state index is -1.59. The molecule has 0 saturated heterocycles. The first-order valence-corrected chi connectivity index (χ1v) is 5.27. The van der Waals surface area contributed by atoms with E-state index >= 15 is 0 Å². The number of ketones is 1. The third kappa shape index (κ3) is 3.46. The fourth-order valence-corrected chi connectivity index (χ4v) is 1.38. The summed E-state index contributed by atoms with van der Waals surface area (Å²) in [7, 11) is 1.52. The number of Topliss-reactive ketones (excluding diaryl/α,β-unsaturated/α-hetero) is 1. The lowest BCUT2D eigenvalue weighted by molar-refractivity contribution is -0.144. The Morgan fingerprint density at radius 1 is 1.28 bits per heavy atom. The van der Waals surface area contributed by atoms with Crippen LogP contribution in [0.3, 0.4) is 0 Å². The van der Waals surface area contributed by atoms with Crippen molar-refractivity contribution in [1.82, 2.24) is 0 Å². The summed E-state index contributed by atoms with van der Waals surface area (Å²) in [6, 6.07) is 5.10. The smallest absolute Gasteiger partial charge is 0.329 e. The number of aliphatic carboxylic acids is 1. The van der Waals surface area contributed by atoms with Crippen LogP contribution in [-0.2, 0) is 9.59 Å². The quantitative estimate of drug-likeness (QED) is 0.683. The number of aliphatic hydroxyl groups is 1. The second-order valence-electron chi connectivity index (χ2n) is 3.74. The van der Waals surface area contributed by atoms with Crippen molar-refractivity contribution in [1.29, 1.82) is 0 Å². The van der Waals surface area contributed by atoms with E-state index in [-0.39, 0.29) is 0 Å². The number of hydrogen-bond acceptors (Lipinski definition) is 5. The Kier molecular flexibility index (Phi) is 4.67. The number of nitrogens with one attached hydrogen (secondary N) is 1. The molecule has 1 aromatic rings. The third-order valence-electron chi connectivity index (χ3n) is 2.41. The van der Waals surface area contributed by atoms with Crippen LogP contribution in [0.2, 0.25) is 0 Å². The van der Waals surface area contributed by atoms with Crippen LogP contribution in [0.25, 0.3) is 0 Å². The molecule has 6 heteroatoms. The molecule has 1 rings (SSSR count). The van der Waals surface area contributed by atoms with Gasteiger partial charge in [0.05, 0.1) is 7.11 Å². The Bertz CT molecular complexity index is 429. The number of ether oxygens (including phenoxy) is 1. The van der Waals surface area contributed by atoms with Crippen LogP contribution in [0.4, 0.5) is 5.69 Å². The van der Waals surface area contributed by atoms with Crippen molar-refractivity contribution in [3.63, 3.8) is 0 Å². The number of hydrogen-bond donors (Lipinski definition) is 3. The molecule has 0 aliphatic carbocycles. The van der Waals surface area contributed by atoms with Gasteiger partial charge in [-0.2, -0.15) is 0 Å². The lowest BCUT2D eigenvalue weighted by Crippen LogP contribution is -2.44. The molecule has 18 heavy (non-hydrogen) atoms. The van der Waals surface area contributed by atoms with E-state index in [4.69, 9.17) is 9.84 Å².